The smallest absolute Gasteiger partial charge is 0.258 e. The van der Waals surface area contributed by atoms with E-state index in [0.717, 1.165) is 10.5 Å². The first-order valence-corrected chi connectivity index (χ1v) is 13.4. The first-order chi connectivity index (χ1) is 15.4. The van der Waals surface area contributed by atoms with Crippen molar-refractivity contribution in [2.24, 2.45) is 0 Å². The van der Waals surface area contributed by atoms with Crippen molar-refractivity contribution in [3.05, 3.63) is 53.4 Å². The van der Waals surface area contributed by atoms with Gasteiger partial charge in [-0.05, 0) is 30.7 Å². The Morgan fingerprint density at radius 2 is 2.00 bits per heavy atom. The van der Waals surface area contributed by atoms with Crippen LogP contribution in [-0.2, 0) is 9.84 Å². The Balaban J connectivity index is 1.51. The van der Waals surface area contributed by atoms with E-state index in [4.69, 9.17) is 9.47 Å². The van der Waals surface area contributed by atoms with Crippen LogP contribution in [0.2, 0.25) is 0 Å². The zero-order chi connectivity index (χ0) is 22.7. The van der Waals surface area contributed by atoms with E-state index in [9.17, 15) is 13.2 Å². The van der Waals surface area contributed by atoms with Gasteiger partial charge in [0.05, 0.1) is 37.0 Å². The molecule has 0 spiro atoms. The van der Waals surface area contributed by atoms with Crippen LogP contribution in [0.1, 0.15) is 16.8 Å². The van der Waals surface area contributed by atoms with Gasteiger partial charge in [-0.25, -0.2) is 13.4 Å². The van der Waals surface area contributed by atoms with Crippen LogP contribution < -0.4 is 14.8 Å². The van der Waals surface area contributed by atoms with E-state index in [1.807, 2.05) is 29.6 Å². The summed E-state index contributed by atoms with van der Waals surface area (Å²) in [6.07, 6.45) is 0.600. The third-order valence-corrected chi connectivity index (χ3v) is 9.11. The average molecular weight is 491 g/mol. The summed E-state index contributed by atoms with van der Waals surface area (Å²) in [5.74, 6) is 1.37. The molecule has 4 rings (SSSR count). The van der Waals surface area contributed by atoms with Gasteiger partial charge in [0, 0.05) is 27.2 Å². The molecular formula is C22H22N2O5S3. The third kappa shape index (κ3) is 5.08. The van der Waals surface area contributed by atoms with E-state index in [0.29, 0.717) is 34.3 Å². The van der Waals surface area contributed by atoms with Crippen LogP contribution in [0.4, 0.5) is 5.13 Å². The summed E-state index contributed by atoms with van der Waals surface area (Å²) in [6, 6.07) is 12.7. The monoisotopic (exact) mass is 490 g/mol. The van der Waals surface area contributed by atoms with Crippen LogP contribution in [0.5, 0.6) is 11.5 Å². The molecule has 7 nitrogen and oxygen atoms in total. The summed E-state index contributed by atoms with van der Waals surface area (Å²) in [7, 11) is 0.192. The van der Waals surface area contributed by atoms with E-state index in [2.05, 4.69) is 10.3 Å². The Bertz CT molecular complexity index is 1240. The van der Waals surface area contributed by atoms with Crippen molar-refractivity contribution < 1.29 is 22.7 Å². The first kappa shape index (κ1) is 22.6. The molecule has 32 heavy (non-hydrogen) atoms. The van der Waals surface area contributed by atoms with Gasteiger partial charge in [-0.1, -0.05) is 12.1 Å². The number of thioether (sulfide) groups is 1. The fraction of sp³-hybridized carbons (Fsp3) is 0.273. The van der Waals surface area contributed by atoms with Gasteiger partial charge in [0.15, 0.2) is 15.0 Å². The molecule has 168 valence electrons. The number of hydrogen-bond acceptors (Lipinski definition) is 8. The number of aromatic nitrogens is 1. The van der Waals surface area contributed by atoms with Crippen LogP contribution in [0.3, 0.4) is 0 Å². The lowest BCUT2D eigenvalue weighted by atomic mass is 10.1. The molecule has 1 atom stereocenters. The minimum atomic E-state index is -2.98. The van der Waals surface area contributed by atoms with E-state index < -0.39 is 9.84 Å². The van der Waals surface area contributed by atoms with Gasteiger partial charge in [-0.3, -0.25) is 10.1 Å². The molecule has 1 aliphatic heterocycles. The molecule has 1 fully saturated rings. The Morgan fingerprint density at radius 3 is 2.72 bits per heavy atom. The Morgan fingerprint density at radius 1 is 1.19 bits per heavy atom. The first-order valence-electron chi connectivity index (χ1n) is 9.84. The van der Waals surface area contributed by atoms with Crippen LogP contribution in [0, 0.1) is 0 Å². The SMILES string of the molecule is COc1ccc(-c2csc(NC(=O)c3ccccc3SC3CCS(=O)(=O)C3)n2)c(OC)c1. The van der Waals surface area contributed by atoms with Crippen molar-refractivity contribution >= 4 is 44.0 Å². The molecule has 1 aromatic heterocycles. The minimum Gasteiger partial charge on any atom is -0.497 e. The Labute approximate surface area is 195 Å². The van der Waals surface area contributed by atoms with Crippen LogP contribution in [0.25, 0.3) is 11.3 Å². The van der Waals surface area contributed by atoms with Crippen LogP contribution in [0.15, 0.2) is 52.7 Å². The zero-order valence-electron chi connectivity index (χ0n) is 17.5. The zero-order valence-corrected chi connectivity index (χ0v) is 20.0. The maximum absolute atomic E-state index is 13.0. The van der Waals surface area contributed by atoms with Gasteiger partial charge in [0.1, 0.15) is 11.5 Å². The number of nitrogens with one attached hydrogen (secondary N) is 1. The van der Waals surface area contributed by atoms with Crippen molar-refractivity contribution in [1.29, 1.82) is 0 Å². The molecule has 1 N–H and O–H groups in total. The number of sulfone groups is 1. The third-order valence-electron chi connectivity index (χ3n) is 5.03. The van der Waals surface area contributed by atoms with Gasteiger partial charge < -0.3 is 9.47 Å². The van der Waals surface area contributed by atoms with Crippen molar-refractivity contribution in [3.63, 3.8) is 0 Å². The number of carbonyl (C=O) groups excluding carboxylic acids is 1. The fourth-order valence-corrected chi connectivity index (χ4v) is 7.75. The lowest BCUT2D eigenvalue weighted by Crippen LogP contribution is -2.14. The molecule has 0 radical (unpaired) electrons. The number of anilines is 1. The van der Waals surface area contributed by atoms with Crippen molar-refractivity contribution in [2.75, 3.05) is 31.0 Å². The van der Waals surface area contributed by atoms with Gasteiger partial charge in [0.25, 0.3) is 5.91 Å². The molecule has 0 saturated carbocycles. The lowest BCUT2D eigenvalue weighted by Gasteiger charge is -2.12. The van der Waals surface area contributed by atoms with E-state index in [1.54, 1.807) is 32.4 Å². The minimum absolute atomic E-state index is 0.0389. The second-order valence-electron chi connectivity index (χ2n) is 7.20. The number of carbonyl (C=O) groups is 1. The maximum atomic E-state index is 13.0. The number of thiazole rings is 1. The topological polar surface area (TPSA) is 94.6 Å². The summed E-state index contributed by atoms with van der Waals surface area (Å²) in [5.41, 5.74) is 1.98. The predicted molar refractivity (Wildman–Crippen MR) is 128 cm³/mol. The fourth-order valence-electron chi connectivity index (χ4n) is 3.42. The van der Waals surface area contributed by atoms with Gasteiger partial charge in [-0.2, -0.15) is 0 Å². The standard InChI is InChI=1S/C22H22N2O5S3/c1-28-14-7-8-16(19(11-14)29-2)18-12-30-22(23-18)24-21(25)17-5-3-4-6-20(17)31-15-9-10-32(26,27)13-15/h3-8,11-12,15H,9-10,13H2,1-2H3,(H,23,24,25). The molecule has 10 heteroatoms. The number of methoxy groups -OCH3 is 2. The second-order valence-corrected chi connectivity index (χ2v) is 11.6. The van der Waals surface area contributed by atoms with Crippen molar-refractivity contribution in [1.82, 2.24) is 4.98 Å². The summed E-state index contributed by atoms with van der Waals surface area (Å²) in [4.78, 5) is 18.3. The van der Waals surface area contributed by atoms with Crippen LogP contribution in [-0.4, -0.2) is 50.3 Å². The highest BCUT2D eigenvalue weighted by atomic mass is 32.2. The predicted octanol–water partition coefficient (Wildman–Crippen LogP) is 4.36. The highest BCUT2D eigenvalue weighted by molar-refractivity contribution is 8.02. The number of nitrogens with zero attached hydrogens (tertiary/aromatic N) is 1. The van der Waals surface area contributed by atoms with Crippen molar-refractivity contribution in [2.45, 2.75) is 16.6 Å². The quantitative estimate of drug-likeness (QED) is 0.526. The lowest BCUT2D eigenvalue weighted by molar-refractivity contribution is 0.102. The molecule has 1 unspecified atom stereocenters. The summed E-state index contributed by atoms with van der Waals surface area (Å²) < 4.78 is 34.2. The molecule has 1 saturated heterocycles. The molecule has 2 heterocycles. The molecule has 1 amide bonds. The molecule has 3 aromatic rings. The summed E-state index contributed by atoms with van der Waals surface area (Å²) >= 11 is 2.76. The highest BCUT2D eigenvalue weighted by Gasteiger charge is 2.29. The maximum Gasteiger partial charge on any atom is 0.258 e. The molecular weight excluding hydrogens is 468 g/mol. The molecule has 2 aromatic carbocycles. The number of amides is 1. The van der Waals surface area contributed by atoms with Crippen molar-refractivity contribution in [3.8, 4) is 22.8 Å². The second kappa shape index (κ2) is 9.51. The molecule has 1 aliphatic rings. The highest BCUT2D eigenvalue weighted by Crippen LogP contribution is 2.36. The largest absolute Gasteiger partial charge is 0.497 e. The Hall–Kier alpha value is -2.56. The van der Waals surface area contributed by atoms with Gasteiger partial charge in [-0.15, -0.1) is 23.1 Å². The normalized spacial score (nSPS) is 17.1. The Kier molecular flexibility index (Phi) is 6.73. The van der Waals surface area contributed by atoms with Crippen LogP contribution >= 0.6 is 23.1 Å². The van der Waals surface area contributed by atoms with E-state index in [1.165, 1.54) is 23.1 Å². The van der Waals surface area contributed by atoms with Gasteiger partial charge in [0.2, 0.25) is 0 Å². The van der Waals surface area contributed by atoms with E-state index >= 15 is 0 Å². The number of rotatable bonds is 7. The number of ether oxygens (including phenoxy) is 2. The average Bonchev–Trinajstić information content (AvgIpc) is 3.39. The summed E-state index contributed by atoms with van der Waals surface area (Å²) in [5, 5.41) is 5.14. The molecule has 0 aliphatic carbocycles. The number of hydrogen-bond donors (Lipinski definition) is 1. The van der Waals surface area contributed by atoms with Gasteiger partial charge >= 0.3 is 0 Å². The van der Waals surface area contributed by atoms with E-state index in [-0.39, 0.29) is 22.7 Å². The summed E-state index contributed by atoms with van der Waals surface area (Å²) in [6.45, 7) is 0. The molecule has 0 bridgehead atoms. The number of benzene rings is 2.